The lowest BCUT2D eigenvalue weighted by Crippen LogP contribution is -2.18. The first-order chi connectivity index (χ1) is 6.47. The van der Waals surface area contributed by atoms with Gasteiger partial charge in [-0.15, -0.1) is 0 Å². The summed E-state index contributed by atoms with van der Waals surface area (Å²) in [6, 6.07) is 1.84. The van der Waals surface area contributed by atoms with Crippen LogP contribution < -0.4 is 10.5 Å². The number of aromatic nitrogens is 2. The normalized spacial score (nSPS) is 11.6. The van der Waals surface area contributed by atoms with Gasteiger partial charge < -0.3 is 5.32 Å². The van der Waals surface area contributed by atoms with Crippen LogP contribution in [0.15, 0.2) is 6.07 Å². The molecule has 1 heterocycles. The Morgan fingerprint density at radius 1 is 1.64 bits per heavy atom. The quantitative estimate of drug-likeness (QED) is 0.596. The van der Waals surface area contributed by atoms with Gasteiger partial charge in [0, 0.05) is 18.3 Å². The summed E-state index contributed by atoms with van der Waals surface area (Å²) >= 11 is 0. The maximum Gasteiger partial charge on any atom is 0.209 e. The monoisotopic (exact) mass is 218 g/mol. The molecule has 0 saturated carbocycles. The second kappa shape index (κ2) is 4.43. The third kappa shape index (κ3) is 4.24. The molecule has 1 aromatic heterocycles. The van der Waals surface area contributed by atoms with Crippen molar-refractivity contribution in [2.24, 2.45) is 5.14 Å². The van der Waals surface area contributed by atoms with Crippen molar-refractivity contribution in [3.05, 3.63) is 11.8 Å². The molecule has 7 heteroatoms. The van der Waals surface area contributed by atoms with E-state index in [4.69, 9.17) is 5.14 Å². The van der Waals surface area contributed by atoms with E-state index in [1.165, 1.54) is 0 Å². The number of rotatable bonds is 5. The Kier molecular flexibility index (Phi) is 3.48. The van der Waals surface area contributed by atoms with Crippen molar-refractivity contribution in [3.8, 4) is 0 Å². The molecule has 14 heavy (non-hydrogen) atoms. The summed E-state index contributed by atoms with van der Waals surface area (Å²) in [6.07, 6.45) is 0.477. The minimum absolute atomic E-state index is 0.0105. The molecule has 0 unspecified atom stereocenters. The minimum Gasteiger partial charge on any atom is -0.369 e. The Balaban J connectivity index is 2.23. The van der Waals surface area contributed by atoms with E-state index in [1.54, 1.807) is 0 Å². The van der Waals surface area contributed by atoms with Crippen LogP contribution in [0.3, 0.4) is 0 Å². The highest BCUT2D eigenvalue weighted by Crippen LogP contribution is 2.03. The number of H-pyrrole nitrogens is 1. The van der Waals surface area contributed by atoms with Crippen LogP contribution in [0.5, 0.6) is 0 Å². The molecule has 0 amide bonds. The van der Waals surface area contributed by atoms with Crippen LogP contribution in [-0.2, 0) is 10.0 Å². The van der Waals surface area contributed by atoms with Gasteiger partial charge in [0.2, 0.25) is 10.0 Å². The van der Waals surface area contributed by atoms with Gasteiger partial charge in [-0.05, 0) is 13.3 Å². The SMILES string of the molecule is Cc1cc(NCCCS(N)(=O)=O)n[nH]1. The van der Waals surface area contributed by atoms with Crippen LogP contribution in [0.4, 0.5) is 5.82 Å². The van der Waals surface area contributed by atoms with Crippen molar-refractivity contribution in [3.63, 3.8) is 0 Å². The van der Waals surface area contributed by atoms with Crippen LogP contribution in [0.1, 0.15) is 12.1 Å². The van der Waals surface area contributed by atoms with E-state index in [0.717, 1.165) is 11.5 Å². The second-order valence-corrected chi connectivity index (χ2v) is 4.82. The number of nitrogens with zero attached hydrogens (tertiary/aromatic N) is 1. The van der Waals surface area contributed by atoms with E-state index >= 15 is 0 Å². The van der Waals surface area contributed by atoms with Gasteiger partial charge in [-0.25, -0.2) is 13.6 Å². The third-order valence-electron chi connectivity index (χ3n) is 1.62. The molecule has 0 fully saturated rings. The first-order valence-electron chi connectivity index (χ1n) is 4.24. The summed E-state index contributed by atoms with van der Waals surface area (Å²) in [7, 11) is -3.34. The van der Waals surface area contributed by atoms with E-state index in [-0.39, 0.29) is 5.75 Å². The zero-order valence-corrected chi connectivity index (χ0v) is 8.76. The molecule has 0 saturated heterocycles. The van der Waals surface area contributed by atoms with Crippen molar-refractivity contribution in [1.29, 1.82) is 0 Å². The molecule has 0 aromatic carbocycles. The summed E-state index contributed by atoms with van der Waals surface area (Å²) < 4.78 is 21.1. The maximum absolute atomic E-state index is 10.6. The molecule has 0 spiro atoms. The molecular weight excluding hydrogens is 204 g/mol. The summed E-state index contributed by atoms with van der Waals surface area (Å²) in [4.78, 5) is 0. The van der Waals surface area contributed by atoms with Crippen LogP contribution in [0, 0.1) is 6.92 Å². The highest BCUT2D eigenvalue weighted by atomic mass is 32.2. The topological polar surface area (TPSA) is 101 Å². The van der Waals surface area contributed by atoms with Crippen LogP contribution >= 0.6 is 0 Å². The van der Waals surface area contributed by atoms with Gasteiger partial charge in [0.1, 0.15) is 5.82 Å². The van der Waals surface area contributed by atoms with Crippen molar-refractivity contribution >= 4 is 15.8 Å². The number of aromatic amines is 1. The Labute approximate surface area is 82.9 Å². The number of anilines is 1. The van der Waals surface area contributed by atoms with E-state index in [2.05, 4.69) is 15.5 Å². The minimum atomic E-state index is -3.34. The summed E-state index contributed by atoms with van der Waals surface area (Å²) in [5.41, 5.74) is 0.957. The van der Waals surface area contributed by atoms with Crippen molar-refractivity contribution in [2.45, 2.75) is 13.3 Å². The lowest BCUT2D eigenvalue weighted by Gasteiger charge is -2.00. The highest BCUT2D eigenvalue weighted by molar-refractivity contribution is 7.89. The van der Waals surface area contributed by atoms with E-state index in [0.29, 0.717) is 13.0 Å². The predicted octanol–water partition coefficient (Wildman–Crippen LogP) is -0.191. The van der Waals surface area contributed by atoms with Crippen LogP contribution in [0.25, 0.3) is 0 Å². The van der Waals surface area contributed by atoms with Gasteiger partial charge in [0.05, 0.1) is 5.75 Å². The maximum atomic E-state index is 10.6. The van der Waals surface area contributed by atoms with Gasteiger partial charge in [-0.2, -0.15) is 5.10 Å². The molecule has 0 bridgehead atoms. The molecule has 6 nitrogen and oxygen atoms in total. The van der Waals surface area contributed by atoms with Crippen molar-refractivity contribution in [2.75, 3.05) is 17.6 Å². The third-order valence-corrected chi connectivity index (χ3v) is 2.48. The lowest BCUT2D eigenvalue weighted by atomic mass is 10.4. The molecule has 0 aliphatic rings. The van der Waals surface area contributed by atoms with Crippen molar-refractivity contribution in [1.82, 2.24) is 10.2 Å². The Morgan fingerprint density at radius 2 is 2.36 bits per heavy atom. The Bertz CT molecular complexity index is 384. The van der Waals surface area contributed by atoms with E-state index < -0.39 is 10.0 Å². The highest BCUT2D eigenvalue weighted by Gasteiger charge is 2.02. The largest absolute Gasteiger partial charge is 0.369 e. The molecular formula is C7H14N4O2S. The summed E-state index contributed by atoms with van der Waals surface area (Å²) in [6.45, 7) is 2.43. The number of sulfonamides is 1. The molecule has 0 radical (unpaired) electrons. The molecule has 1 rings (SSSR count). The Morgan fingerprint density at radius 3 is 2.86 bits per heavy atom. The van der Waals surface area contributed by atoms with E-state index in [1.807, 2.05) is 13.0 Å². The van der Waals surface area contributed by atoms with Gasteiger partial charge in [0.15, 0.2) is 0 Å². The number of nitrogens with two attached hydrogens (primary N) is 1. The van der Waals surface area contributed by atoms with Gasteiger partial charge in [-0.1, -0.05) is 0 Å². The smallest absolute Gasteiger partial charge is 0.209 e. The molecule has 80 valence electrons. The molecule has 0 aliphatic carbocycles. The lowest BCUT2D eigenvalue weighted by molar-refractivity contribution is 0.595. The number of aryl methyl sites for hydroxylation is 1. The van der Waals surface area contributed by atoms with Gasteiger partial charge >= 0.3 is 0 Å². The number of primary sulfonamides is 1. The second-order valence-electron chi connectivity index (χ2n) is 3.08. The molecule has 0 atom stereocenters. The fourth-order valence-corrected chi connectivity index (χ4v) is 1.55. The number of hydrogen-bond acceptors (Lipinski definition) is 4. The summed E-state index contributed by atoms with van der Waals surface area (Å²) in [5, 5.41) is 14.5. The number of hydrogen-bond donors (Lipinski definition) is 3. The summed E-state index contributed by atoms with van der Waals surface area (Å²) in [5.74, 6) is 0.709. The van der Waals surface area contributed by atoms with Crippen molar-refractivity contribution < 1.29 is 8.42 Å². The zero-order valence-electron chi connectivity index (χ0n) is 7.95. The molecule has 4 N–H and O–H groups in total. The Hall–Kier alpha value is -1.08. The molecule has 1 aromatic rings. The predicted molar refractivity (Wildman–Crippen MR) is 54.4 cm³/mol. The van der Waals surface area contributed by atoms with Gasteiger partial charge in [0.25, 0.3) is 0 Å². The van der Waals surface area contributed by atoms with Gasteiger partial charge in [-0.3, -0.25) is 5.10 Å². The first kappa shape index (κ1) is 11.0. The van der Waals surface area contributed by atoms with Crippen LogP contribution in [-0.4, -0.2) is 30.9 Å². The average molecular weight is 218 g/mol. The number of nitrogens with one attached hydrogen (secondary N) is 2. The first-order valence-corrected chi connectivity index (χ1v) is 5.95. The van der Waals surface area contributed by atoms with E-state index in [9.17, 15) is 8.42 Å². The molecule has 0 aliphatic heterocycles. The standard InChI is InChI=1S/C7H14N4O2S/c1-6-5-7(11-10-6)9-3-2-4-14(8,12)13/h5H,2-4H2,1H3,(H2,8,12,13)(H2,9,10,11). The fraction of sp³-hybridized carbons (Fsp3) is 0.571. The van der Waals surface area contributed by atoms with Crippen LogP contribution in [0.2, 0.25) is 0 Å². The average Bonchev–Trinajstić information content (AvgIpc) is 2.44. The zero-order chi connectivity index (χ0) is 10.6. The fourth-order valence-electron chi connectivity index (χ4n) is 0.998.